The minimum Gasteiger partial charge on any atom is -0.337 e. The number of alkyl halides is 1. The first-order chi connectivity index (χ1) is 8.63. The lowest BCUT2D eigenvalue weighted by molar-refractivity contribution is 0.0698. The van der Waals surface area contributed by atoms with Crippen molar-refractivity contribution in [2.45, 2.75) is 23.6 Å². The predicted octanol–water partition coefficient (Wildman–Crippen LogP) is 3.50. The second kappa shape index (κ2) is 5.98. The van der Waals surface area contributed by atoms with Gasteiger partial charge in [0.05, 0.1) is 10.9 Å². The van der Waals surface area contributed by atoms with Crippen molar-refractivity contribution in [1.29, 1.82) is 0 Å². The van der Waals surface area contributed by atoms with Crippen LogP contribution in [-0.2, 0) is 0 Å². The van der Waals surface area contributed by atoms with Gasteiger partial charge in [0, 0.05) is 18.0 Å². The molecule has 0 radical (unpaired) electrons. The van der Waals surface area contributed by atoms with Crippen LogP contribution in [0.15, 0.2) is 29.2 Å². The molecule has 0 bridgehead atoms. The summed E-state index contributed by atoms with van der Waals surface area (Å²) in [5.74, 6) is 0.601. The van der Waals surface area contributed by atoms with Gasteiger partial charge in [0.2, 0.25) is 0 Å². The Morgan fingerprint density at radius 2 is 2.17 bits per heavy atom. The predicted molar refractivity (Wildman–Crippen MR) is 77.5 cm³/mol. The van der Waals surface area contributed by atoms with Crippen LogP contribution < -0.4 is 0 Å². The van der Waals surface area contributed by atoms with Crippen LogP contribution in [0.25, 0.3) is 0 Å². The Morgan fingerprint density at radius 3 is 2.83 bits per heavy atom. The molecule has 1 saturated heterocycles. The van der Waals surface area contributed by atoms with Crippen molar-refractivity contribution in [2.24, 2.45) is 5.92 Å². The molecule has 1 aliphatic rings. The van der Waals surface area contributed by atoms with Crippen LogP contribution in [-0.4, -0.2) is 35.5 Å². The third-order valence-corrected chi connectivity index (χ3v) is 4.86. The van der Waals surface area contributed by atoms with Gasteiger partial charge in [0.1, 0.15) is 0 Å². The molecule has 2 rings (SSSR count). The number of benzene rings is 1. The number of carbonyl (C=O) groups is 1. The van der Waals surface area contributed by atoms with Crippen LogP contribution in [0.3, 0.4) is 0 Å². The Morgan fingerprint density at radius 1 is 1.44 bits per heavy atom. The molecule has 18 heavy (non-hydrogen) atoms. The molecule has 1 aromatic rings. The summed E-state index contributed by atoms with van der Waals surface area (Å²) in [6.07, 6.45) is 2.98. The zero-order valence-corrected chi connectivity index (χ0v) is 12.3. The molecule has 1 amide bonds. The summed E-state index contributed by atoms with van der Waals surface area (Å²) in [5, 5.41) is 0.0733. The monoisotopic (exact) mass is 283 g/mol. The molecule has 0 saturated carbocycles. The molecule has 4 heteroatoms. The van der Waals surface area contributed by atoms with E-state index in [2.05, 4.69) is 6.92 Å². The third kappa shape index (κ3) is 2.83. The lowest BCUT2D eigenvalue weighted by Crippen LogP contribution is -2.43. The summed E-state index contributed by atoms with van der Waals surface area (Å²) in [4.78, 5) is 15.4. The van der Waals surface area contributed by atoms with Crippen molar-refractivity contribution in [3.63, 3.8) is 0 Å². The lowest BCUT2D eigenvalue weighted by atomic mass is 9.98. The average molecular weight is 284 g/mol. The summed E-state index contributed by atoms with van der Waals surface area (Å²) < 4.78 is 0. The number of carbonyl (C=O) groups excluding carboxylic acids is 1. The van der Waals surface area contributed by atoms with Crippen molar-refractivity contribution < 1.29 is 4.79 Å². The first-order valence-corrected chi connectivity index (χ1v) is 7.86. The van der Waals surface area contributed by atoms with Gasteiger partial charge in [-0.15, -0.1) is 23.4 Å². The first kappa shape index (κ1) is 13.8. The minimum atomic E-state index is 0.0733. The number of halogens is 1. The molecule has 2 atom stereocenters. The van der Waals surface area contributed by atoms with E-state index >= 15 is 0 Å². The fourth-order valence-corrected chi connectivity index (χ4v) is 3.08. The van der Waals surface area contributed by atoms with Gasteiger partial charge in [0.25, 0.3) is 5.91 Å². The molecule has 1 heterocycles. The summed E-state index contributed by atoms with van der Waals surface area (Å²) in [5.41, 5.74) is 0.795. The SMILES string of the molecule is CSc1ccccc1C(=O)N1CCC(C)C(Cl)C1. The van der Waals surface area contributed by atoms with E-state index in [0.29, 0.717) is 12.5 Å². The maximum absolute atomic E-state index is 12.5. The minimum absolute atomic E-state index is 0.0733. The zero-order chi connectivity index (χ0) is 13.1. The molecule has 1 fully saturated rings. The quantitative estimate of drug-likeness (QED) is 0.612. The van der Waals surface area contributed by atoms with E-state index in [1.807, 2.05) is 35.4 Å². The van der Waals surface area contributed by atoms with Crippen LogP contribution in [0.2, 0.25) is 0 Å². The highest BCUT2D eigenvalue weighted by Gasteiger charge is 2.28. The molecule has 0 spiro atoms. The maximum atomic E-state index is 12.5. The smallest absolute Gasteiger partial charge is 0.255 e. The summed E-state index contributed by atoms with van der Waals surface area (Å²) in [7, 11) is 0. The van der Waals surface area contributed by atoms with E-state index in [1.54, 1.807) is 11.8 Å². The molecule has 0 aromatic heterocycles. The summed E-state index contributed by atoms with van der Waals surface area (Å²) >= 11 is 7.88. The standard InChI is InChI=1S/C14H18ClNOS/c1-10-7-8-16(9-12(10)15)14(17)11-5-3-4-6-13(11)18-2/h3-6,10,12H,7-9H2,1-2H3. The van der Waals surface area contributed by atoms with Gasteiger partial charge in [-0.2, -0.15) is 0 Å². The van der Waals surface area contributed by atoms with Crippen LogP contribution in [0, 0.1) is 5.92 Å². The average Bonchev–Trinajstić information content (AvgIpc) is 2.41. The molecule has 2 unspecified atom stereocenters. The first-order valence-electron chi connectivity index (χ1n) is 6.20. The number of hydrogen-bond donors (Lipinski definition) is 0. The Bertz CT molecular complexity index is 438. The van der Waals surface area contributed by atoms with Gasteiger partial charge in [-0.25, -0.2) is 0 Å². The largest absolute Gasteiger partial charge is 0.337 e. The highest BCUT2D eigenvalue weighted by molar-refractivity contribution is 7.98. The Labute approximate surface area is 118 Å². The Hall–Kier alpha value is -0.670. The second-order valence-corrected chi connectivity index (χ2v) is 6.14. The normalized spacial score (nSPS) is 24.1. The lowest BCUT2D eigenvalue weighted by Gasteiger charge is -2.34. The van der Waals surface area contributed by atoms with E-state index in [4.69, 9.17) is 11.6 Å². The molecular weight excluding hydrogens is 266 g/mol. The number of thioether (sulfide) groups is 1. The van der Waals surface area contributed by atoms with E-state index in [-0.39, 0.29) is 11.3 Å². The van der Waals surface area contributed by atoms with Crippen LogP contribution >= 0.6 is 23.4 Å². The second-order valence-electron chi connectivity index (χ2n) is 4.73. The number of rotatable bonds is 2. The highest BCUT2D eigenvalue weighted by atomic mass is 35.5. The number of likely N-dealkylation sites (tertiary alicyclic amines) is 1. The fourth-order valence-electron chi connectivity index (χ4n) is 2.20. The Kier molecular flexibility index (Phi) is 4.57. The maximum Gasteiger partial charge on any atom is 0.255 e. The Balaban J connectivity index is 2.16. The highest BCUT2D eigenvalue weighted by Crippen LogP contribution is 2.26. The molecule has 1 aromatic carbocycles. The van der Waals surface area contributed by atoms with E-state index in [9.17, 15) is 4.79 Å². The van der Waals surface area contributed by atoms with Crippen molar-refractivity contribution in [1.82, 2.24) is 4.90 Å². The molecule has 98 valence electrons. The molecule has 1 aliphatic heterocycles. The van der Waals surface area contributed by atoms with Crippen molar-refractivity contribution in [2.75, 3.05) is 19.3 Å². The van der Waals surface area contributed by atoms with Gasteiger partial charge in [-0.1, -0.05) is 19.1 Å². The fraction of sp³-hybridized carbons (Fsp3) is 0.500. The van der Waals surface area contributed by atoms with Crippen molar-refractivity contribution >= 4 is 29.3 Å². The van der Waals surface area contributed by atoms with Gasteiger partial charge >= 0.3 is 0 Å². The number of nitrogens with zero attached hydrogens (tertiary/aromatic N) is 1. The van der Waals surface area contributed by atoms with Crippen LogP contribution in [0.1, 0.15) is 23.7 Å². The van der Waals surface area contributed by atoms with E-state index in [0.717, 1.165) is 23.4 Å². The molecule has 0 aliphatic carbocycles. The van der Waals surface area contributed by atoms with E-state index in [1.165, 1.54) is 0 Å². The number of hydrogen-bond acceptors (Lipinski definition) is 2. The molecular formula is C14H18ClNOS. The van der Waals surface area contributed by atoms with Gasteiger partial charge < -0.3 is 4.90 Å². The molecule has 2 nitrogen and oxygen atoms in total. The van der Waals surface area contributed by atoms with E-state index < -0.39 is 0 Å². The topological polar surface area (TPSA) is 20.3 Å². The molecule has 0 N–H and O–H groups in total. The summed E-state index contributed by atoms with van der Waals surface area (Å²) in [6.45, 7) is 3.62. The van der Waals surface area contributed by atoms with Gasteiger partial charge in [0.15, 0.2) is 0 Å². The zero-order valence-electron chi connectivity index (χ0n) is 10.7. The van der Waals surface area contributed by atoms with Crippen molar-refractivity contribution in [3.05, 3.63) is 29.8 Å². The third-order valence-electron chi connectivity index (χ3n) is 3.49. The number of piperidine rings is 1. The number of amides is 1. The van der Waals surface area contributed by atoms with Crippen LogP contribution in [0.4, 0.5) is 0 Å². The van der Waals surface area contributed by atoms with Crippen LogP contribution in [0.5, 0.6) is 0 Å². The summed E-state index contributed by atoms with van der Waals surface area (Å²) in [6, 6.07) is 7.76. The van der Waals surface area contributed by atoms with Gasteiger partial charge in [-0.05, 0) is 30.7 Å². The van der Waals surface area contributed by atoms with Crippen molar-refractivity contribution in [3.8, 4) is 0 Å². The van der Waals surface area contributed by atoms with Gasteiger partial charge in [-0.3, -0.25) is 4.79 Å².